The Bertz CT molecular complexity index is 940. The number of aromatic nitrogens is 2. The SMILES string of the molecule is CN/C=C(\C=N)c1cccc(NC(=O)c2cc3c(nc2F)OC(C)(C)C3)n1. The van der Waals surface area contributed by atoms with Crippen molar-refractivity contribution in [3.05, 3.63) is 53.2 Å². The van der Waals surface area contributed by atoms with Gasteiger partial charge in [0.25, 0.3) is 5.91 Å². The maximum absolute atomic E-state index is 14.3. The van der Waals surface area contributed by atoms with E-state index >= 15 is 0 Å². The molecule has 0 radical (unpaired) electrons. The van der Waals surface area contributed by atoms with Crippen LogP contribution in [-0.4, -0.2) is 34.7 Å². The fraction of sp³-hybridized carbons (Fsp3) is 0.263. The number of hydrogen-bond donors (Lipinski definition) is 3. The largest absolute Gasteiger partial charge is 0.471 e. The molecule has 3 heterocycles. The second kappa shape index (κ2) is 7.14. The summed E-state index contributed by atoms with van der Waals surface area (Å²) in [6.07, 6.45) is 3.31. The molecule has 1 amide bonds. The van der Waals surface area contributed by atoms with Crippen LogP contribution in [0.2, 0.25) is 0 Å². The van der Waals surface area contributed by atoms with Gasteiger partial charge in [-0.1, -0.05) is 6.07 Å². The molecular weight excluding hydrogens is 349 g/mol. The first-order valence-electron chi connectivity index (χ1n) is 8.38. The molecule has 0 unspecified atom stereocenters. The third-order valence-corrected chi connectivity index (χ3v) is 3.99. The maximum Gasteiger partial charge on any atom is 0.261 e. The van der Waals surface area contributed by atoms with Gasteiger partial charge in [-0.3, -0.25) is 4.79 Å². The van der Waals surface area contributed by atoms with Gasteiger partial charge in [0.15, 0.2) is 0 Å². The molecule has 0 aliphatic carbocycles. The van der Waals surface area contributed by atoms with Crippen molar-refractivity contribution in [2.45, 2.75) is 25.9 Å². The number of ether oxygens (including phenoxy) is 1. The molecule has 0 saturated carbocycles. The number of carbonyl (C=O) groups is 1. The van der Waals surface area contributed by atoms with Crippen LogP contribution in [-0.2, 0) is 6.42 Å². The molecule has 3 rings (SSSR count). The van der Waals surface area contributed by atoms with Gasteiger partial charge in [0, 0.05) is 37.0 Å². The number of pyridine rings is 2. The summed E-state index contributed by atoms with van der Waals surface area (Å²) in [4.78, 5) is 20.6. The Morgan fingerprint density at radius 2 is 2.15 bits per heavy atom. The Hall–Kier alpha value is -3.29. The van der Waals surface area contributed by atoms with Crippen molar-refractivity contribution in [2.75, 3.05) is 12.4 Å². The summed E-state index contributed by atoms with van der Waals surface area (Å²) in [7, 11) is 1.71. The monoisotopic (exact) mass is 369 g/mol. The van der Waals surface area contributed by atoms with Crippen molar-refractivity contribution in [2.24, 2.45) is 0 Å². The van der Waals surface area contributed by atoms with Crippen LogP contribution in [0.25, 0.3) is 5.57 Å². The normalized spacial score (nSPS) is 14.9. The Kier molecular flexibility index (Phi) is 4.89. The van der Waals surface area contributed by atoms with E-state index < -0.39 is 17.5 Å². The predicted octanol–water partition coefficient (Wildman–Crippen LogP) is 2.79. The maximum atomic E-state index is 14.3. The Balaban J connectivity index is 1.85. The highest BCUT2D eigenvalue weighted by Gasteiger charge is 2.33. The van der Waals surface area contributed by atoms with Crippen LogP contribution in [0.1, 0.15) is 35.5 Å². The lowest BCUT2D eigenvalue weighted by atomic mass is 10.0. The smallest absolute Gasteiger partial charge is 0.261 e. The third kappa shape index (κ3) is 3.94. The number of halogens is 1. The molecule has 0 saturated heterocycles. The van der Waals surface area contributed by atoms with Crippen LogP contribution in [0.3, 0.4) is 0 Å². The second-order valence-corrected chi connectivity index (χ2v) is 6.72. The van der Waals surface area contributed by atoms with Gasteiger partial charge in [0.1, 0.15) is 11.4 Å². The summed E-state index contributed by atoms with van der Waals surface area (Å²) < 4.78 is 19.9. The van der Waals surface area contributed by atoms with Crippen LogP contribution in [0.5, 0.6) is 5.88 Å². The van der Waals surface area contributed by atoms with Crippen molar-refractivity contribution in [3.63, 3.8) is 0 Å². The van der Waals surface area contributed by atoms with Gasteiger partial charge in [-0.25, -0.2) is 4.98 Å². The lowest BCUT2D eigenvalue weighted by Crippen LogP contribution is -2.24. The molecule has 1 aliphatic rings. The van der Waals surface area contributed by atoms with E-state index in [-0.39, 0.29) is 17.3 Å². The molecule has 0 fully saturated rings. The number of nitrogens with one attached hydrogen (secondary N) is 3. The number of fused-ring (bicyclic) bond motifs is 1. The first-order chi connectivity index (χ1) is 12.8. The lowest BCUT2D eigenvalue weighted by Gasteiger charge is -2.15. The second-order valence-electron chi connectivity index (χ2n) is 6.72. The van der Waals surface area contributed by atoms with E-state index in [0.29, 0.717) is 23.3 Å². The number of carbonyl (C=O) groups excluding carboxylic acids is 1. The third-order valence-electron chi connectivity index (χ3n) is 3.99. The number of rotatable bonds is 5. The molecule has 27 heavy (non-hydrogen) atoms. The molecule has 0 bridgehead atoms. The van der Waals surface area contributed by atoms with E-state index in [4.69, 9.17) is 10.1 Å². The summed E-state index contributed by atoms with van der Waals surface area (Å²) in [5.41, 5.74) is 1.09. The molecule has 2 aromatic heterocycles. The molecule has 3 N–H and O–H groups in total. The molecule has 140 valence electrons. The lowest BCUT2D eigenvalue weighted by molar-refractivity contribution is 0.102. The van der Waals surface area contributed by atoms with Gasteiger partial charge in [-0.05, 0) is 32.0 Å². The Morgan fingerprint density at radius 3 is 2.85 bits per heavy atom. The van der Waals surface area contributed by atoms with E-state index in [1.165, 1.54) is 6.07 Å². The Labute approximate surface area is 156 Å². The van der Waals surface area contributed by atoms with Crippen LogP contribution in [0.4, 0.5) is 10.2 Å². The molecule has 0 spiro atoms. The summed E-state index contributed by atoms with van der Waals surface area (Å²) in [5.74, 6) is -1.07. The topological polar surface area (TPSA) is 100.0 Å². The van der Waals surface area contributed by atoms with Crippen molar-refractivity contribution >= 4 is 23.5 Å². The quantitative estimate of drug-likeness (QED) is 0.556. The fourth-order valence-electron chi connectivity index (χ4n) is 2.84. The van der Waals surface area contributed by atoms with E-state index in [2.05, 4.69) is 20.6 Å². The standard InChI is InChI=1S/C19H20FN5O2/c1-19(2)8-11-7-13(16(20)25-18(11)27-19)17(26)24-15-6-4-5-14(23-15)12(9-21)10-22-3/h4-7,9-10,21-22H,8H2,1-3H3,(H,23,24,26)/b12-10+,21-9?. The van der Waals surface area contributed by atoms with E-state index in [9.17, 15) is 9.18 Å². The number of allylic oxidation sites excluding steroid dienone is 1. The zero-order valence-electron chi connectivity index (χ0n) is 15.3. The minimum Gasteiger partial charge on any atom is -0.471 e. The van der Waals surface area contributed by atoms with Crippen molar-refractivity contribution in [1.82, 2.24) is 15.3 Å². The summed E-state index contributed by atoms with van der Waals surface area (Å²) in [6, 6.07) is 6.46. The molecule has 1 aliphatic heterocycles. The minimum absolute atomic E-state index is 0.166. The van der Waals surface area contributed by atoms with E-state index in [1.807, 2.05) is 13.8 Å². The minimum atomic E-state index is -0.893. The van der Waals surface area contributed by atoms with Crippen LogP contribution >= 0.6 is 0 Å². The van der Waals surface area contributed by atoms with Gasteiger partial charge >= 0.3 is 0 Å². The molecular formula is C19H20FN5O2. The van der Waals surface area contributed by atoms with E-state index in [0.717, 1.165) is 6.21 Å². The van der Waals surface area contributed by atoms with Gasteiger partial charge < -0.3 is 20.8 Å². The first-order valence-corrected chi connectivity index (χ1v) is 8.38. The fourth-order valence-corrected chi connectivity index (χ4v) is 2.84. The number of anilines is 1. The number of amides is 1. The first kappa shape index (κ1) is 18.5. The highest BCUT2D eigenvalue weighted by Crippen LogP contribution is 2.34. The van der Waals surface area contributed by atoms with Gasteiger partial charge in [0.2, 0.25) is 11.8 Å². The highest BCUT2D eigenvalue weighted by molar-refractivity contribution is 6.08. The van der Waals surface area contributed by atoms with Crippen molar-refractivity contribution < 1.29 is 13.9 Å². The van der Waals surface area contributed by atoms with Crippen LogP contribution in [0.15, 0.2) is 30.5 Å². The molecule has 0 aromatic carbocycles. The average Bonchev–Trinajstić information content (AvgIpc) is 2.91. The van der Waals surface area contributed by atoms with Gasteiger partial charge in [0.05, 0.1) is 11.3 Å². The summed E-state index contributed by atoms with van der Waals surface area (Å²) in [5, 5.41) is 12.9. The molecule has 7 nitrogen and oxygen atoms in total. The molecule has 2 aromatic rings. The van der Waals surface area contributed by atoms with Crippen molar-refractivity contribution in [3.8, 4) is 5.88 Å². The summed E-state index contributed by atoms with van der Waals surface area (Å²) >= 11 is 0. The number of nitrogens with zero attached hydrogens (tertiary/aromatic N) is 2. The van der Waals surface area contributed by atoms with Gasteiger partial charge in [-0.2, -0.15) is 9.37 Å². The highest BCUT2D eigenvalue weighted by atomic mass is 19.1. The average molecular weight is 369 g/mol. The van der Waals surface area contributed by atoms with Crippen molar-refractivity contribution in [1.29, 1.82) is 5.41 Å². The number of hydrogen-bond acceptors (Lipinski definition) is 6. The van der Waals surface area contributed by atoms with E-state index in [1.54, 1.807) is 31.4 Å². The summed E-state index contributed by atoms with van der Waals surface area (Å²) in [6.45, 7) is 3.75. The van der Waals surface area contributed by atoms with Gasteiger partial charge in [-0.15, -0.1) is 0 Å². The molecule has 0 atom stereocenters. The zero-order chi connectivity index (χ0) is 19.6. The predicted molar refractivity (Wildman–Crippen MR) is 101 cm³/mol. The van der Waals surface area contributed by atoms with Crippen LogP contribution < -0.4 is 15.4 Å². The van der Waals surface area contributed by atoms with Crippen LogP contribution in [0, 0.1) is 11.4 Å². The zero-order valence-corrected chi connectivity index (χ0v) is 15.3. The molecule has 8 heteroatoms. The Morgan fingerprint density at radius 1 is 1.37 bits per heavy atom.